The Morgan fingerprint density at radius 1 is 1.07 bits per heavy atom. The van der Waals surface area contributed by atoms with Crippen molar-refractivity contribution < 1.29 is 14.0 Å². The maximum absolute atomic E-state index is 13.4. The summed E-state index contributed by atoms with van der Waals surface area (Å²) in [5.41, 5.74) is 2.36. The number of carbonyl (C=O) groups excluding carboxylic acids is 2. The molecule has 0 saturated carbocycles. The molecule has 0 saturated heterocycles. The Kier molecular flexibility index (Phi) is 5.11. The Morgan fingerprint density at radius 3 is 2.19 bits per heavy atom. The van der Waals surface area contributed by atoms with Gasteiger partial charge in [0.2, 0.25) is 0 Å². The molecule has 0 fully saturated rings. The molecule has 2 aliphatic rings. The Labute approximate surface area is 164 Å². The van der Waals surface area contributed by atoms with Gasteiger partial charge in [-0.1, -0.05) is 56.7 Å². The molecule has 4 atom stereocenters. The van der Waals surface area contributed by atoms with Gasteiger partial charge in [-0.2, -0.15) is 0 Å². The van der Waals surface area contributed by atoms with Crippen LogP contribution in [-0.4, -0.2) is 26.0 Å². The molecule has 27 heavy (non-hydrogen) atoms. The molecule has 0 aliphatic heterocycles. The highest BCUT2D eigenvalue weighted by Crippen LogP contribution is 2.46. The topological polar surface area (TPSA) is 43.4 Å². The monoisotopic (exact) mass is 384 g/mol. The average molecular weight is 385 g/mol. The van der Waals surface area contributed by atoms with Gasteiger partial charge in [-0.15, -0.1) is 0 Å². The predicted octanol–water partition coefficient (Wildman–Crippen LogP) is 5.67. The first kappa shape index (κ1) is 20.2. The lowest BCUT2D eigenvalue weighted by atomic mass is 9.62. The van der Waals surface area contributed by atoms with E-state index in [1.54, 1.807) is 12.1 Å². The summed E-state index contributed by atoms with van der Waals surface area (Å²) in [5, 5.41) is 0.103. The van der Waals surface area contributed by atoms with Crippen molar-refractivity contribution in [3.05, 3.63) is 47.0 Å². The minimum Gasteiger partial charge on any atom is -0.414 e. The number of hydrogen-bond donors (Lipinski definition) is 0. The number of fused-ring (bicyclic) bond motifs is 2. The van der Waals surface area contributed by atoms with Crippen LogP contribution in [0.5, 0.6) is 0 Å². The normalized spacial score (nSPS) is 26.9. The summed E-state index contributed by atoms with van der Waals surface area (Å²) >= 11 is 0. The van der Waals surface area contributed by atoms with Crippen LogP contribution in [0.1, 0.15) is 61.8 Å². The highest BCUT2D eigenvalue weighted by molar-refractivity contribution is 6.74. The van der Waals surface area contributed by atoms with E-state index in [4.69, 9.17) is 4.43 Å². The molecule has 0 bridgehead atoms. The van der Waals surface area contributed by atoms with Crippen LogP contribution < -0.4 is 0 Å². The molecule has 0 heterocycles. The second-order valence-electron chi connectivity index (χ2n) is 9.70. The van der Waals surface area contributed by atoms with Gasteiger partial charge in [0.25, 0.3) is 0 Å². The summed E-state index contributed by atoms with van der Waals surface area (Å²) in [6.45, 7) is 15.3. The average Bonchev–Trinajstić information content (AvgIpc) is 2.57. The molecular weight excluding hydrogens is 352 g/mol. The summed E-state index contributed by atoms with van der Waals surface area (Å²) < 4.78 is 6.67. The summed E-state index contributed by atoms with van der Waals surface area (Å²) in [4.78, 5) is 26.5. The van der Waals surface area contributed by atoms with Crippen LogP contribution >= 0.6 is 0 Å². The second-order valence-corrected chi connectivity index (χ2v) is 14.5. The van der Waals surface area contributed by atoms with Crippen molar-refractivity contribution in [2.24, 2.45) is 17.8 Å². The van der Waals surface area contributed by atoms with E-state index < -0.39 is 8.32 Å². The van der Waals surface area contributed by atoms with Crippen molar-refractivity contribution in [1.82, 2.24) is 0 Å². The zero-order valence-electron chi connectivity index (χ0n) is 17.6. The third-order valence-electron chi connectivity index (χ3n) is 6.93. The van der Waals surface area contributed by atoms with Crippen LogP contribution in [0, 0.1) is 17.8 Å². The minimum atomic E-state index is -1.97. The standard InChI is InChI=1S/C23H32O3Si/c1-14-12-13-18-20(19(14)15(2)26-27(6,7)23(3,4)5)22(25)17-11-9-8-10-16(17)21(18)24/h8-12,15,18-20H,13H2,1-7H3/t15-,18?,19-,20?/m1/s1. The molecule has 2 aliphatic carbocycles. The van der Waals surface area contributed by atoms with E-state index in [0.29, 0.717) is 17.5 Å². The first-order valence-electron chi connectivity index (χ1n) is 9.97. The van der Waals surface area contributed by atoms with Crippen LogP contribution in [0.2, 0.25) is 18.1 Å². The van der Waals surface area contributed by atoms with E-state index >= 15 is 0 Å². The van der Waals surface area contributed by atoms with E-state index in [2.05, 4.69) is 53.8 Å². The fourth-order valence-corrected chi connectivity index (χ4v) is 5.84. The van der Waals surface area contributed by atoms with E-state index in [1.165, 1.54) is 5.57 Å². The van der Waals surface area contributed by atoms with Crippen molar-refractivity contribution in [3.63, 3.8) is 0 Å². The van der Waals surface area contributed by atoms with Gasteiger partial charge in [0, 0.05) is 35.0 Å². The van der Waals surface area contributed by atoms with Crippen molar-refractivity contribution >= 4 is 19.9 Å². The van der Waals surface area contributed by atoms with Crippen molar-refractivity contribution in [3.8, 4) is 0 Å². The SMILES string of the molecule is CC1=CCC2C(=O)c3ccccc3C(=O)C2[C@H]1[C@@H](C)O[Si](C)(C)C(C)(C)C. The molecular formula is C23H32O3Si. The molecule has 1 aromatic carbocycles. The zero-order valence-corrected chi connectivity index (χ0v) is 18.6. The van der Waals surface area contributed by atoms with Gasteiger partial charge >= 0.3 is 0 Å². The van der Waals surface area contributed by atoms with Crippen LogP contribution in [-0.2, 0) is 4.43 Å². The number of ketones is 2. The molecule has 0 aromatic heterocycles. The van der Waals surface area contributed by atoms with Gasteiger partial charge in [0.05, 0.1) is 0 Å². The smallest absolute Gasteiger partial charge is 0.192 e. The summed E-state index contributed by atoms with van der Waals surface area (Å²) in [5.74, 6) is -0.381. The number of Topliss-reactive ketones (excluding diaryl/α,β-unsaturated/α-hetero) is 2. The van der Waals surface area contributed by atoms with Crippen molar-refractivity contribution in [2.75, 3.05) is 0 Å². The van der Waals surface area contributed by atoms with Crippen LogP contribution in [0.3, 0.4) is 0 Å². The molecule has 1 aromatic rings. The third-order valence-corrected chi connectivity index (χ3v) is 11.5. The summed E-state index contributed by atoms with van der Waals surface area (Å²) in [6.07, 6.45) is 2.71. The van der Waals surface area contributed by atoms with E-state index in [0.717, 1.165) is 0 Å². The Morgan fingerprint density at radius 2 is 1.63 bits per heavy atom. The third kappa shape index (κ3) is 3.38. The molecule has 146 valence electrons. The van der Waals surface area contributed by atoms with Gasteiger partial charge in [-0.3, -0.25) is 9.59 Å². The maximum Gasteiger partial charge on any atom is 0.192 e. The highest BCUT2D eigenvalue weighted by atomic mass is 28.4. The van der Waals surface area contributed by atoms with Gasteiger partial charge in [-0.25, -0.2) is 0 Å². The quantitative estimate of drug-likeness (QED) is 0.498. The second kappa shape index (κ2) is 6.82. The fraction of sp³-hybridized carbons (Fsp3) is 0.565. The number of allylic oxidation sites excluding steroid dienone is 1. The lowest BCUT2D eigenvalue weighted by Crippen LogP contribution is -2.50. The molecule has 3 rings (SSSR count). The first-order valence-corrected chi connectivity index (χ1v) is 12.9. The lowest BCUT2D eigenvalue weighted by Gasteiger charge is -2.45. The first-order chi connectivity index (χ1) is 12.5. The van der Waals surface area contributed by atoms with E-state index in [1.807, 2.05) is 12.1 Å². The van der Waals surface area contributed by atoms with Crippen LogP contribution in [0.15, 0.2) is 35.9 Å². The summed E-state index contributed by atoms with van der Waals surface area (Å²) in [6, 6.07) is 7.28. The van der Waals surface area contributed by atoms with Gasteiger partial charge < -0.3 is 4.43 Å². The highest BCUT2D eigenvalue weighted by Gasteiger charge is 2.50. The molecule has 4 heteroatoms. The number of rotatable bonds is 3. The molecule has 0 spiro atoms. The largest absolute Gasteiger partial charge is 0.414 e. The van der Waals surface area contributed by atoms with Crippen molar-refractivity contribution in [1.29, 1.82) is 0 Å². The number of benzene rings is 1. The zero-order chi connectivity index (χ0) is 20.1. The molecule has 3 nitrogen and oxygen atoms in total. The number of carbonyl (C=O) groups is 2. The van der Waals surface area contributed by atoms with Crippen LogP contribution in [0.4, 0.5) is 0 Å². The molecule has 2 unspecified atom stereocenters. The van der Waals surface area contributed by atoms with Gasteiger partial charge in [0.1, 0.15) is 0 Å². The van der Waals surface area contributed by atoms with Crippen LogP contribution in [0.25, 0.3) is 0 Å². The van der Waals surface area contributed by atoms with E-state index in [-0.39, 0.29) is 40.5 Å². The minimum absolute atomic E-state index is 0.0392. The summed E-state index contributed by atoms with van der Waals surface area (Å²) in [7, 11) is -1.97. The Balaban J connectivity index is 1.99. The maximum atomic E-state index is 13.4. The fourth-order valence-electron chi connectivity index (χ4n) is 4.41. The van der Waals surface area contributed by atoms with Crippen molar-refractivity contribution in [2.45, 2.75) is 65.3 Å². The predicted molar refractivity (Wildman–Crippen MR) is 112 cm³/mol. The van der Waals surface area contributed by atoms with Gasteiger partial charge in [-0.05, 0) is 38.4 Å². The molecule has 0 N–H and O–H groups in total. The van der Waals surface area contributed by atoms with E-state index in [9.17, 15) is 9.59 Å². The lowest BCUT2D eigenvalue weighted by molar-refractivity contribution is 0.0507. The molecule has 0 radical (unpaired) electrons. The number of hydrogen-bond acceptors (Lipinski definition) is 3. The Bertz CT molecular complexity index is 800. The molecule has 0 amide bonds. The van der Waals surface area contributed by atoms with Gasteiger partial charge in [0.15, 0.2) is 19.9 Å². The Hall–Kier alpha value is -1.52.